The molecule has 1 rings (SSSR count). The first-order valence-corrected chi connectivity index (χ1v) is 3.56. The fraction of sp³-hybridized carbons (Fsp3) is 0.222. The topological polar surface area (TPSA) is 39.4 Å². The molecule has 0 spiro atoms. The molecule has 1 aromatic heterocycles. The molecule has 0 N–H and O–H groups in total. The van der Waals surface area contributed by atoms with Crippen molar-refractivity contribution in [3.63, 3.8) is 0 Å². The van der Waals surface area contributed by atoms with Crippen molar-refractivity contribution in [3.05, 3.63) is 30.2 Å². The molecule has 0 atom stereocenters. The summed E-state index contributed by atoms with van der Waals surface area (Å²) >= 11 is 0. The van der Waals surface area contributed by atoms with Crippen molar-refractivity contribution >= 4 is 12.0 Å². The Balaban J connectivity index is 2.62. The number of esters is 1. The van der Waals surface area contributed by atoms with Gasteiger partial charge >= 0.3 is 5.97 Å². The van der Waals surface area contributed by atoms with Crippen LogP contribution in [-0.2, 0) is 16.1 Å². The minimum Gasteiger partial charge on any atom is -0.465 e. The third kappa shape index (κ3) is 1.99. The van der Waals surface area contributed by atoms with E-state index >= 15 is 0 Å². The maximum atomic E-state index is 10.5. The lowest BCUT2D eigenvalue weighted by atomic mass is 10.2. The monoisotopic (exact) mass is 166 g/mol. The van der Waals surface area contributed by atoms with Crippen molar-refractivity contribution in [2.24, 2.45) is 0 Å². The molecular formula is C9H10O3. The van der Waals surface area contributed by atoms with Gasteiger partial charge in [0.15, 0.2) is 0 Å². The molecule has 1 heterocycles. The second-order valence-electron chi connectivity index (χ2n) is 2.29. The lowest BCUT2D eigenvalue weighted by molar-refractivity contribution is -0.142. The third-order valence-electron chi connectivity index (χ3n) is 1.40. The Kier molecular flexibility index (Phi) is 2.69. The lowest BCUT2D eigenvalue weighted by Gasteiger charge is -1.98. The molecule has 0 unspecified atom stereocenters. The van der Waals surface area contributed by atoms with Crippen LogP contribution in [0.3, 0.4) is 0 Å². The van der Waals surface area contributed by atoms with E-state index in [4.69, 9.17) is 9.15 Å². The van der Waals surface area contributed by atoms with Gasteiger partial charge in [0.05, 0.1) is 6.26 Å². The molecule has 64 valence electrons. The van der Waals surface area contributed by atoms with Crippen molar-refractivity contribution in [2.75, 3.05) is 0 Å². The molecule has 3 heteroatoms. The van der Waals surface area contributed by atoms with Gasteiger partial charge in [-0.25, -0.2) is 0 Å². The molecule has 0 aliphatic rings. The summed E-state index contributed by atoms with van der Waals surface area (Å²) in [6, 6.07) is 1.75. The summed E-state index contributed by atoms with van der Waals surface area (Å²) in [7, 11) is 0. The van der Waals surface area contributed by atoms with Gasteiger partial charge in [0.25, 0.3) is 0 Å². The van der Waals surface area contributed by atoms with Gasteiger partial charge in [-0.1, -0.05) is 6.58 Å². The SMILES string of the molecule is C=Cc1occc1COC(C)=O. The van der Waals surface area contributed by atoms with E-state index in [1.54, 1.807) is 12.1 Å². The normalized spacial score (nSPS) is 9.42. The van der Waals surface area contributed by atoms with E-state index in [9.17, 15) is 4.79 Å². The quantitative estimate of drug-likeness (QED) is 0.644. The van der Waals surface area contributed by atoms with Gasteiger partial charge in [0, 0.05) is 12.5 Å². The van der Waals surface area contributed by atoms with Crippen LogP contribution in [0, 0.1) is 0 Å². The van der Waals surface area contributed by atoms with Crippen molar-refractivity contribution < 1.29 is 13.9 Å². The summed E-state index contributed by atoms with van der Waals surface area (Å²) < 4.78 is 9.82. The minimum absolute atomic E-state index is 0.243. The zero-order valence-corrected chi connectivity index (χ0v) is 6.87. The molecule has 0 bridgehead atoms. The van der Waals surface area contributed by atoms with Gasteiger partial charge in [0.1, 0.15) is 12.4 Å². The summed E-state index contributed by atoms with van der Waals surface area (Å²) in [5.41, 5.74) is 0.834. The molecule has 0 saturated carbocycles. The number of carbonyl (C=O) groups is 1. The highest BCUT2D eigenvalue weighted by Gasteiger charge is 2.03. The van der Waals surface area contributed by atoms with Crippen molar-refractivity contribution in [2.45, 2.75) is 13.5 Å². The number of ether oxygens (including phenoxy) is 1. The Morgan fingerprint density at radius 1 is 1.83 bits per heavy atom. The second kappa shape index (κ2) is 3.76. The van der Waals surface area contributed by atoms with E-state index in [0.717, 1.165) is 5.56 Å². The first-order chi connectivity index (χ1) is 5.74. The molecule has 0 saturated heterocycles. The molecule has 12 heavy (non-hydrogen) atoms. The van der Waals surface area contributed by atoms with Crippen LogP contribution in [-0.4, -0.2) is 5.97 Å². The van der Waals surface area contributed by atoms with Crippen LogP contribution in [0.1, 0.15) is 18.2 Å². The maximum absolute atomic E-state index is 10.5. The van der Waals surface area contributed by atoms with Gasteiger partial charge in [-0.15, -0.1) is 0 Å². The highest BCUT2D eigenvalue weighted by atomic mass is 16.5. The molecule has 0 fully saturated rings. The zero-order chi connectivity index (χ0) is 8.97. The van der Waals surface area contributed by atoms with Crippen molar-refractivity contribution in [1.29, 1.82) is 0 Å². The number of hydrogen-bond acceptors (Lipinski definition) is 3. The van der Waals surface area contributed by atoms with Crippen LogP contribution in [0.4, 0.5) is 0 Å². The van der Waals surface area contributed by atoms with E-state index in [2.05, 4.69) is 6.58 Å². The molecular weight excluding hydrogens is 156 g/mol. The summed E-state index contributed by atoms with van der Waals surface area (Å²) in [5, 5.41) is 0. The Morgan fingerprint density at radius 2 is 2.58 bits per heavy atom. The second-order valence-corrected chi connectivity index (χ2v) is 2.29. The first-order valence-electron chi connectivity index (χ1n) is 3.56. The Hall–Kier alpha value is -1.51. The number of carbonyl (C=O) groups excluding carboxylic acids is 1. The van der Waals surface area contributed by atoms with E-state index in [0.29, 0.717) is 5.76 Å². The molecule has 3 nitrogen and oxygen atoms in total. The molecule has 0 aliphatic heterocycles. The van der Waals surface area contributed by atoms with Crippen molar-refractivity contribution in [1.82, 2.24) is 0 Å². The predicted molar refractivity (Wildman–Crippen MR) is 44.3 cm³/mol. The van der Waals surface area contributed by atoms with Gasteiger partial charge in [-0.05, 0) is 12.1 Å². The predicted octanol–water partition coefficient (Wildman–Crippen LogP) is 1.99. The van der Waals surface area contributed by atoms with Gasteiger partial charge < -0.3 is 9.15 Å². The van der Waals surface area contributed by atoms with Crippen LogP contribution in [0.25, 0.3) is 6.08 Å². The molecule has 0 aliphatic carbocycles. The first kappa shape index (κ1) is 8.59. The average Bonchev–Trinajstić information content (AvgIpc) is 2.47. The number of hydrogen-bond donors (Lipinski definition) is 0. The molecule has 0 amide bonds. The van der Waals surface area contributed by atoms with E-state index in [1.807, 2.05) is 0 Å². The summed E-state index contributed by atoms with van der Waals surface area (Å²) in [5.74, 6) is 0.350. The van der Waals surface area contributed by atoms with Crippen LogP contribution in [0.2, 0.25) is 0 Å². The van der Waals surface area contributed by atoms with Gasteiger partial charge in [-0.2, -0.15) is 0 Å². The Labute approximate surface area is 70.6 Å². The smallest absolute Gasteiger partial charge is 0.302 e. The fourth-order valence-corrected chi connectivity index (χ4v) is 0.825. The highest BCUT2D eigenvalue weighted by Crippen LogP contribution is 2.12. The Bertz CT molecular complexity index is 286. The molecule has 0 aromatic carbocycles. The summed E-state index contributed by atoms with van der Waals surface area (Å²) in [6.07, 6.45) is 3.12. The lowest BCUT2D eigenvalue weighted by Crippen LogP contribution is -1.98. The van der Waals surface area contributed by atoms with Gasteiger partial charge in [-0.3, -0.25) is 4.79 Å². The Morgan fingerprint density at radius 3 is 3.17 bits per heavy atom. The summed E-state index contributed by atoms with van der Waals surface area (Å²) in [4.78, 5) is 10.5. The number of rotatable bonds is 3. The average molecular weight is 166 g/mol. The third-order valence-corrected chi connectivity index (χ3v) is 1.40. The van der Waals surface area contributed by atoms with Crippen LogP contribution in [0.5, 0.6) is 0 Å². The maximum Gasteiger partial charge on any atom is 0.302 e. The largest absolute Gasteiger partial charge is 0.465 e. The number of furan rings is 1. The van der Waals surface area contributed by atoms with E-state index in [1.165, 1.54) is 13.2 Å². The van der Waals surface area contributed by atoms with E-state index < -0.39 is 0 Å². The van der Waals surface area contributed by atoms with Crippen LogP contribution >= 0.6 is 0 Å². The molecule has 1 aromatic rings. The van der Waals surface area contributed by atoms with Crippen molar-refractivity contribution in [3.8, 4) is 0 Å². The molecule has 0 radical (unpaired) electrons. The van der Waals surface area contributed by atoms with E-state index in [-0.39, 0.29) is 12.6 Å². The van der Waals surface area contributed by atoms with Crippen LogP contribution in [0.15, 0.2) is 23.3 Å². The summed E-state index contributed by atoms with van der Waals surface area (Å²) in [6.45, 7) is 5.17. The minimum atomic E-state index is -0.300. The highest BCUT2D eigenvalue weighted by molar-refractivity contribution is 5.66. The standard InChI is InChI=1S/C9H10O3/c1-3-9-8(4-5-11-9)6-12-7(2)10/h3-5H,1,6H2,2H3. The van der Waals surface area contributed by atoms with Gasteiger partial charge in [0.2, 0.25) is 0 Å². The zero-order valence-electron chi connectivity index (χ0n) is 6.87. The fourth-order valence-electron chi connectivity index (χ4n) is 0.825. The van der Waals surface area contributed by atoms with Crippen LogP contribution < -0.4 is 0 Å².